The van der Waals surface area contributed by atoms with Crippen molar-refractivity contribution in [1.29, 1.82) is 0 Å². The van der Waals surface area contributed by atoms with Crippen molar-refractivity contribution in [2.24, 2.45) is 0 Å². The summed E-state index contributed by atoms with van der Waals surface area (Å²) in [6.07, 6.45) is 0. The lowest BCUT2D eigenvalue weighted by atomic mass is 10.2. The summed E-state index contributed by atoms with van der Waals surface area (Å²) in [5.74, 6) is 0.950. The van der Waals surface area contributed by atoms with Crippen LogP contribution < -0.4 is 14.8 Å². The minimum Gasteiger partial charge on any atom is -0.497 e. The summed E-state index contributed by atoms with van der Waals surface area (Å²) in [4.78, 5) is 16.5. The Kier molecular flexibility index (Phi) is 5.47. The van der Waals surface area contributed by atoms with Crippen LogP contribution >= 0.6 is 11.3 Å². The van der Waals surface area contributed by atoms with Gasteiger partial charge in [0.05, 0.1) is 31.0 Å². The predicted octanol–water partition coefficient (Wildman–Crippen LogP) is 3.47. The molecule has 1 heterocycles. The lowest BCUT2D eigenvalue weighted by Gasteiger charge is -2.10. The molecule has 3 aromatic rings. The fourth-order valence-electron chi connectivity index (χ4n) is 2.29. The van der Waals surface area contributed by atoms with Crippen LogP contribution in [0.1, 0.15) is 5.01 Å². The molecule has 0 aliphatic heterocycles. The van der Waals surface area contributed by atoms with Gasteiger partial charge in [-0.25, -0.2) is 4.98 Å². The first-order valence-electron chi connectivity index (χ1n) is 7.63. The summed E-state index contributed by atoms with van der Waals surface area (Å²) in [6, 6.07) is 13.1. The zero-order valence-corrected chi connectivity index (χ0v) is 14.8. The Morgan fingerprint density at radius 1 is 1.12 bits per heavy atom. The van der Waals surface area contributed by atoms with E-state index in [1.807, 2.05) is 24.3 Å². The number of anilines is 1. The van der Waals surface area contributed by atoms with Crippen molar-refractivity contribution in [1.82, 2.24) is 4.98 Å². The first-order valence-corrected chi connectivity index (χ1v) is 8.44. The molecule has 0 bridgehead atoms. The molecule has 0 radical (unpaired) electrons. The number of amides is 1. The Bertz CT molecular complexity index is 823. The number of methoxy groups -OCH3 is 2. The van der Waals surface area contributed by atoms with Gasteiger partial charge in [-0.05, 0) is 12.1 Å². The average molecular weight is 358 g/mol. The van der Waals surface area contributed by atoms with Gasteiger partial charge in [-0.15, -0.1) is 11.3 Å². The summed E-state index contributed by atoms with van der Waals surface area (Å²) in [5.41, 5.74) is 1.53. The highest BCUT2D eigenvalue weighted by atomic mass is 32.1. The highest BCUT2D eigenvalue weighted by Crippen LogP contribution is 2.26. The molecule has 7 heteroatoms. The predicted molar refractivity (Wildman–Crippen MR) is 97.5 cm³/mol. The Morgan fingerprint density at radius 2 is 1.84 bits per heavy atom. The van der Waals surface area contributed by atoms with Crippen molar-refractivity contribution >= 4 is 33.1 Å². The van der Waals surface area contributed by atoms with E-state index in [0.29, 0.717) is 23.8 Å². The van der Waals surface area contributed by atoms with Crippen LogP contribution in [0.15, 0.2) is 42.5 Å². The number of nitrogens with zero attached hydrogens (tertiary/aromatic N) is 1. The SMILES string of the molecule is COc1cc(NC(=O)COCc2nc3ccccc3s2)cc(OC)c1. The van der Waals surface area contributed by atoms with E-state index in [1.54, 1.807) is 43.8 Å². The first kappa shape index (κ1) is 17.2. The molecule has 0 fully saturated rings. The molecule has 0 unspecified atom stereocenters. The van der Waals surface area contributed by atoms with E-state index in [0.717, 1.165) is 15.2 Å². The van der Waals surface area contributed by atoms with Crippen molar-refractivity contribution < 1.29 is 19.0 Å². The number of hydrogen-bond acceptors (Lipinski definition) is 6. The number of ether oxygens (including phenoxy) is 3. The van der Waals surface area contributed by atoms with Gasteiger partial charge in [0.25, 0.3) is 0 Å². The van der Waals surface area contributed by atoms with Crippen LogP contribution in [0.3, 0.4) is 0 Å². The second kappa shape index (κ2) is 7.96. The number of carbonyl (C=O) groups excluding carboxylic acids is 1. The van der Waals surface area contributed by atoms with Crippen LogP contribution in [-0.4, -0.2) is 31.7 Å². The monoisotopic (exact) mass is 358 g/mol. The zero-order valence-electron chi connectivity index (χ0n) is 13.9. The average Bonchev–Trinajstić information content (AvgIpc) is 3.04. The highest BCUT2D eigenvalue weighted by Gasteiger charge is 2.08. The molecule has 1 aromatic heterocycles. The second-order valence-electron chi connectivity index (χ2n) is 5.22. The topological polar surface area (TPSA) is 69.7 Å². The largest absolute Gasteiger partial charge is 0.497 e. The Morgan fingerprint density at radius 3 is 2.52 bits per heavy atom. The summed E-state index contributed by atoms with van der Waals surface area (Å²) in [5, 5.41) is 3.61. The lowest BCUT2D eigenvalue weighted by molar-refractivity contribution is -0.121. The number of aromatic nitrogens is 1. The van der Waals surface area contributed by atoms with Crippen LogP contribution in [0, 0.1) is 0 Å². The Balaban J connectivity index is 1.54. The van der Waals surface area contributed by atoms with Gasteiger partial charge in [-0.2, -0.15) is 0 Å². The molecule has 130 valence electrons. The van der Waals surface area contributed by atoms with Gasteiger partial charge >= 0.3 is 0 Å². The van der Waals surface area contributed by atoms with Gasteiger partial charge in [0.2, 0.25) is 5.91 Å². The molecule has 0 aliphatic rings. The van der Waals surface area contributed by atoms with E-state index in [9.17, 15) is 4.79 Å². The third-order valence-corrected chi connectivity index (χ3v) is 4.44. The number of para-hydroxylation sites is 1. The van der Waals surface area contributed by atoms with Crippen molar-refractivity contribution in [2.45, 2.75) is 6.61 Å². The normalized spacial score (nSPS) is 10.6. The Hall–Kier alpha value is -2.64. The summed E-state index contributed by atoms with van der Waals surface area (Å²) < 4.78 is 16.9. The number of thiazole rings is 1. The van der Waals surface area contributed by atoms with Gasteiger partial charge in [-0.3, -0.25) is 4.79 Å². The van der Waals surface area contributed by atoms with Crippen molar-refractivity contribution in [3.8, 4) is 11.5 Å². The summed E-state index contributed by atoms with van der Waals surface area (Å²) >= 11 is 1.56. The number of carbonyl (C=O) groups is 1. The smallest absolute Gasteiger partial charge is 0.250 e. The van der Waals surface area contributed by atoms with Crippen molar-refractivity contribution in [2.75, 3.05) is 26.1 Å². The lowest BCUT2D eigenvalue weighted by Crippen LogP contribution is -2.18. The number of benzene rings is 2. The van der Waals surface area contributed by atoms with E-state index in [1.165, 1.54) is 0 Å². The molecular weight excluding hydrogens is 340 g/mol. The van der Waals surface area contributed by atoms with E-state index in [4.69, 9.17) is 14.2 Å². The maximum atomic E-state index is 12.0. The molecule has 25 heavy (non-hydrogen) atoms. The summed E-state index contributed by atoms with van der Waals surface area (Å²) in [6.45, 7) is 0.240. The number of fused-ring (bicyclic) bond motifs is 1. The van der Waals surface area contributed by atoms with Gasteiger partial charge in [0, 0.05) is 23.9 Å². The minimum atomic E-state index is -0.253. The maximum Gasteiger partial charge on any atom is 0.250 e. The van der Waals surface area contributed by atoms with Gasteiger partial charge < -0.3 is 19.5 Å². The van der Waals surface area contributed by atoms with Crippen LogP contribution in [0.25, 0.3) is 10.2 Å². The molecule has 0 atom stereocenters. The van der Waals surface area contributed by atoms with Crippen LogP contribution in [-0.2, 0) is 16.1 Å². The van der Waals surface area contributed by atoms with E-state index in [-0.39, 0.29) is 12.5 Å². The number of nitrogens with one attached hydrogen (secondary N) is 1. The molecule has 0 aliphatic carbocycles. The van der Waals surface area contributed by atoms with E-state index in [2.05, 4.69) is 10.3 Å². The third kappa shape index (κ3) is 4.46. The molecule has 2 aromatic carbocycles. The van der Waals surface area contributed by atoms with Crippen LogP contribution in [0.2, 0.25) is 0 Å². The zero-order chi connectivity index (χ0) is 17.6. The minimum absolute atomic E-state index is 0.0601. The molecule has 6 nitrogen and oxygen atoms in total. The maximum absolute atomic E-state index is 12.0. The van der Waals surface area contributed by atoms with Gasteiger partial charge in [-0.1, -0.05) is 12.1 Å². The van der Waals surface area contributed by atoms with Crippen LogP contribution in [0.5, 0.6) is 11.5 Å². The molecule has 1 N–H and O–H groups in total. The molecular formula is C18H18N2O4S. The van der Waals surface area contributed by atoms with Crippen molar-refractivity contribution in [3.63, 3.8) is 0 Å². The van der Waals surface area contributed by atoms with Gasteiger partial charge in [0.15, 0.2) is 0 Å². The first-order chi connectivity index (χ1) is 12.2. The highest BCUT2D eigenvalue weighted by molar-refractivity contribution is 7.18. The molecule has 0 saturated heterocycles. The van der Waals surface area contributed by atoms with Crippen LogP contribution in [0.4, 0.5) is 5.69 Å². The fraction of sp³-hybridized carbons (Fsp3) is 0.222. The standard InChI is InChI=1S/C18H18N2O4S/c1-22-13-7-12(8-14(9-13)23-2)19-17(21)10-24-11-18-20-15-5-3-4-6-16(15)25-18/h3-9H,10-11H2,1-2H3,(H,19,21). The quantitative estimate of drug-likeness (QED) is 0.700. The van der Waals surface area contributed by atoms with Gasteiger partial charge in [0.1, 0.15) is 23.1 Å². The number of hydrogen-bond donors (Lipinski definition) is 1. The second-order valence-corrected chi connectivity index (χ2v) is 6.33. The molecule has 0 saturated carbocycles. The third-order valence-electron chi connectivity index (χ3n) is 3.43. The Labute approximate surface area is 149 Å². The number of rotatable bonds is 7. The molecule has 3 rings (SSSR count). The molecule has 0 spiro atoms. The summed E-state index contributed by atoms with van der Waals surface area (Å²) in [7, 11) is 3.11. The van der Waals surface area contributed by atoms with E-state index < -0.39 is 0 Å². The fourth-order valence-corrected chi connectivity index (χ4v) is 3.19. The van der Waals surface area contributed by atoms with E-state index >= 15 is 0 Å². The molecule has 1 amide bonds. The van der Waals surface area contributed by atoms with Crippen molar-refractivity contribution in [3.05, 3.63) is 47.5 Å².